The lowest BCUT2D eigenvalue weighted by Crippen LogP contribution is -2.44. The maximum Gasteiger partial charge on any atom is 0.263 e. The van der Waals surface area contributed by atoms with Crippen molar-refractivity contribution in [1.82, 2.24) is 4.90 Å². The largest absolute Gasteiger partial charge is 0.367 e. The molecule has 0 saturated carbocycles. The molecule has 0 spiro atoms. The van der Waals surface area contributed by atoms with E-state index in [-0.39, 0.29) is 14.9 Å². The smallest absolute Gasteiger partial charge is 0.263 e. The normalized spacial score (nSPS) is 15.9. The van der Waals surface area contributed by atoms with E-state index in [2.05, 4.69) is 21.6 Å². The van der Waals surface area contributed by atoms with Crippen LogP contribution in [-0.4, -0.2) is 46.5 Å². The number of hydrogen-bond acceptors (Lipinski definition) is 4. The lowest BCUT2D eigenvalue weighted by atomic mass is 10.2. The van der Waals surface area contributed by atoms with Gasteiger partial charge in [0.25, 0.3) is 10.0 Å². The molecule has 2 aromatic carbocycles. The second kappa shape index (κ2) is 7.82. The van der Waals surface area contributed by atoms with Gasteiger partial charge in [-0.25, -0.2) is 8.42 Å². The summed E-state index contributed by atoms with van der Waals surface area (Å²) in [5.74, 6) is 0. The molecule has 0 bridgehead atoms. The van der Waals surface area contributed by atoms with E-state index in [0.29, 0.717) is 10.7 Å². The Labute approximate surface area is 168 Å². The van der Waals surface area contributed by atoms with E-state index in [1.54, 1.807) is 18.2 Å². The van der Waals surface area contributed by atoms with Crippen LogP contribution < -0.4 is 9.62 Å². The summed E-state index contributed by atoms with van der Waals surface area (Å²) in [6.45, 7) is 3.39. The summed E-state index contributed by atoms with van der Waals surface area (Å²) in [5.41, 5.74) is 1.20. The van der Waals surface area contributed by atoms with Crippen molar-refractivity contribution in [2.75, 3.05) is 42.8 Å². The van der Waals surface area contributed by atoms with Gasteiger partial charge in [0.2, 0.25) is 0 Å². The summed E-state index contributed by atoms with van der Waals surface area (Å²) in [6.07, 6.45) is 0. The zero-order valence-electron chi connectivity index (χ0n) is 14.0. The first-order valence-electron chi connectivity index (χ1n) is 7.98. The van der Waals surface area contributed by atoms with Crippen LogP contribution >= 0.6 is 34.8 Å². The second-order valence-electron chi connectivity index (χ2n) is 6.11. The number of benzene rings is 2. The Balaban J connectivity index is 1.96. The van der Waals surface area contributed by atoms with Crippen molar-refractivity contribution in [3.63, 3.8) is 0 Å². The summed E-state index contributed by atoms with van der Waals surface area (Å²) >= 11 is 18.1. The van der Waals surface area contributed by atoms with Gasteiger partial charge in [-0.15, -0.1) is 0 Å². The lowest BCUT2D eigenvalue weighted by molar-refractivity contribution is 0.313. The van der Waals surface area contributed by atoms with Gasteiger partial charge < -0.3 is 9.80 Å². The molecule has 0 aliphatic carbocycles. The molecule has 1 saturated heterocycles. The highest BCUT2D eigenvalue weighted by Crippen LogP contribution is 2.34. The fraction of sp³-hybridized carbons (Fsp3) is 0.294. The molecular weight excluding hydrogens is 417 g/mol. The van der Waals surface area contributed by atoms with Gasteiger partial charge in [0.05, 0.1) is 21.4 Å². The average molecular weight is 435 g/mol. The van der Waals surface area contributed by atoms with Crippen LogP contribution in [0.25, 0.3) is 0 Å². The fourth-order valence-electron chi connectivity index (χ4n) is 2.80. The van der Waals surface area contributed by atoms with E-state index in [4.69, 9.17) is 34.8 Å². The minimum Gasteiger partial charge on any atom is -0.367 e. The standard InChI is InChI=1S/C17H18Cl3N3O2S/c1-22-7-9-23(10-8-22)15-6-5-12(18)11-14(15)21-26(24,25)16-4-2-3-13(19)17(16)20/h2-6,11,21H,7-10H2,1H3. The molecule has 0 amide bonds. The first-order chi connectivity index (χ1) is 12.3. The van der Waals surface area contributed by atoms with E-state index in [9.17, 15) is 8.42 Å². The third kappa shape index (κ3) is 4.21. The number of halogens is 3. The van der Waals surface area contributed by atoms with Crippen molar-refractivity contribution in [1.29, 1.82) is 0 Å². The minimum absolute atomic E-state index is 0.00941. The van der Waals surface area contributed by atoms with Crippen LogP contribution in [0.1, 0.15) is 0 Å². The first-order valence-corrected chi connectivity index (χ1v) is 10.6. The van der Waals surface area contributed by atoms with Crippen LogP contribution in [0, 0.1) is 0 Å². The van der Waals surface area contributed by atoms with Crippen LogP contribution in [0.2, 0.25) is 15.1 Å². The zero-order valence-corrected chi connectivity index (χ0v) is 17.1. The Morgan fingerprint density at radius 3 is 2.38 bits per heavy atom. The Hall–Kier alpha value is -1.18. The molecule has 0 atom stereocenters. The van der Waals surface area contributed by atoms with Gasteiger partial charge in [-0.2, -0.15) is 0 Å². The van der Waals surface area contributed by atoms with E-state index in [1.165, 1.54) is 12.1 Å². The molecule has 3 rings (SSSR count). The topological polar surface area (TPSA) is 52.6 Å². The number of nitrogens with one attached hydrogen (secondary N) is 1. The summed E-state index contributed by atoms with van der Waals surface area (Å²) < 4.78 is 28.3. The molecule has 9 heteroatoms. The summed E-state index contributed by atoms with van der Waals surface area (Å²) in [6, 6.07) is 9.67. The summed E-state index contributed by atoms with van der Waals surface area (Å²) in [4.78, 5) is 4.28. The Morgan fingerprint density at radius 2 is 1.69 bits per heavy atom. The van der Waals surface area contributed by atoms with E-state index < -0.39 is 10.0 Å². The van der Waals surface area contributed by atoms with Crippen LogP contribution in [0.15, 0.2) is 41.3 Å². The van der Waals surface area contributed by atoms with E-state index in [0.717, 1.165) is 31.9 Å². The number of piperazine rings is 1. The molecule has 2 aromatic rings. The first kappa shape index (κ1) is 19.6. The van der Waals surface area contributed by atoms with E-state index in [1.807, 2.05) is 6.07 Å². The van der Waals surface area contributed by atoms with Crippen LogP contribution in [0.4, 0.5) is 11.4 Å². The van der Waals surface area contributed by atoms with Crippen LogP contribution in [0.5, 0.6) is 0 Å². The highest BCUT2D eigenvalue weighted by atomic mass is 35.5. The molecule has 26 heavy (non-hydrogen) atoms. The Kier molecular flexibility index (Phi) is 5.89. The average Bonchev–Trinajstić information content (AvgIpc) is 2.58. The third-order valence-electron chi connectivity index (χ3n) is 4.25. The number of likely N-dealkylation sites (N-methyl/N-ethyl adjacent to an activating group) is 1. The molecule has 1 aliphatic heterocycles. The third-order valence-corrected chi connectivity index (χ3v) is 6.83. The Morgan fingerprint density at radius 1 is 1.00 bits per heavy atom. The molecular formula is C17H18Cl3N3O2S. The van der Waals surface area contributed by atoms with Crippen molar-refractivity contribution in [2.45, 2.75) is 4.90 Å². The van der Waals surface area contributed by atoms with Gasteiger partial charge in [-0.05, 0) is 37.4 Å². The molecule has 0 unspecified atom stereocenters. The number of rotatable bonds is 4. The van der Waals surface area contributed by atoms with Gasteiger partial charge in [0, 0.05) is 31.2 Å². The van der Waals surface area contributed by atoms with Gasteiger partial charge in [0.1, 0.15) is 4.90 Å². The SMILES string of the molecule is CN1CCN(c2ccc(Cl)cc2NS(=O)(=O)c2cccc(Cl)c2Cl)CC1. The van der Waals surface area contributed by atoms with Crippen molar-refractivity contribution in [3.05, 3.63) is 51.5 Å². The molecule has 1 fully saturated rings. The number of hydrogen-bond donors (Lipinski definition) is 1. The van der Waals surface area contributed by atoms with Crippen molar-refractivity contribution >= 4 is 56.2 Å². The summed E-state index contributed by atoms with van der Waals surface area (Å²) in [7, 11) is -1.86. The van der Waals surface area contributed by atoms with Crippen molar-refractivity contribution in [3.8, 4) is 0 Å². The van der Waals surface area contributed by atoms with Crippen LogP contribution in [-0.2, 0) is 10.0 Å². The lowest BCUT2D eigenvalue weighted by Gasteiger charge is -2.35. The molecule has 1 heterocycles. The fourth-order valence-corrected chi connectivity index (χ4v) is 4.80. The quantitative estimate of drug-likeness (QED) is 0.783. The van der Waals surface area contributed by atoms with Crippen molar-refractivity contribution in [2.24, 2.45) is 0 Å². The van der Waals surface area contributed by atoms with Crippen molar-refractivity contribution < 1.29 is 8.42 Å². The van der Waals surface area contributed by atoms with E-state index >= 15 is 0 Å². The predicted octanol–water partition coefficient (Wildman–Crippen LogP) is 4.20. The molecule has 1 N–H and O–H groups in total. The summed E-state index contributed by atoms with van der Waals surface area (Å²) in [5, 5.41) is 0.613. The number of nitrogens with zero attached hydrogens (tertiary/aromatic N) is 2. The minimum atomic E-state index is -3.92. The number of sulfonamides is 1. The maximum atomic E-state index is 12.8. The molecule has 140 valence electrons. The second-order valence-corrected chi connectivity index (χ2v) is 8.98. The Bertz CT molecular complexity index is 913. The zero-order chi connectivity index (χ0) is 18.9. The highest BCUT2D eigenvalue weighted by molar-refractivity contribution is 7.92. The molecule has 1 aliphatic rings. The van der Waals surface area contributed by atoms with Gasteiger partial charge >= 0.3 is 0 Å². The molecule has 5 nitrogen and oxygen atoms in total. The monoisotopic (exact) mass is 433 g/mol. The predicted molar refractivity (Wildman–Crippen MR) is 108 cm³/mol. The molecule has 0 radical (unpaired) electrons. The van der Waals surface area contributed by atoms with Gasteiger partial charge in [0.15, 0.2) is 0 Å². The van der Waals surface area contributed by atoms with Gasteiger partial charge in [-0.1, -0.05) is 40.9 Å². The maximum absolute atomic E-state index is 12.8. The molecule has 0 aromatic heterocycles. The van der Waals surface area contributed by atoms with Gasteiger partial charge in [-0.3, -0.25) is 4.72 Å². The van der Waals surface area contributed by atoms with Crippen LogP contribution in [0.3, 0.4) is 0 Å². The number of anilines is 2. The highest BCUT2D eigenvalue weighted by Gasteiger charge is 2.23.